The number of hydrogen-bond acceptors (Lipinski definition) is 5. The van der Waals surface area contributed by atoms with Crippen LogP contribution in [0.4, 0.5) is 0 Å². The minimum Gasteiger partial charge on any atom is -0.327 e. The molecule has 21 heavy (non-hydrogen) atoms. The van der Waals surface area contributed by atoms with E-state index in [0.717, 1.165) is 23.0 Å². The lowest BCUT2D eigenvalue weighted by molar-refractivity contribution is 0.674. The topological polar surface area (TPSA) is 51.3 Å². The number of hydrogen-bond donors (Lipinski definition) is 1. The van der Waals surface area contributed by atoms with E-state index in [1.54, 1.807) is 29.7 Å². The van der Waals surface area contributed by atoms with E-state index >= 15 is 0 Å². The van der Waals surface area contributed by atoms with Gasteiger partial charge in [-0.05, 0) is 37.1 Å². The molecule has 0 spiro atoms. The SMILES string of the molecule is C=CN=C(SC)SCC(N)CCc1cncc(C)c1.CC. The smallest absolute Gasteiger partial charge is 0.129 e. The number of aromatic nitrogens is 1. The molecule has 0 aliphatic rings. The van der Waals surface area contributed by atoms with Gasteiger partial charge in [-0.25, -0.2) is 4.99 Å². The monoisotopic (exact) mass is 325 g/mol. The fraction of sp³-hybridized carbons (Fsp3) is 0.500. The van der Waals surface area contributed by atoms with E-state index in [9.17, 15) is 0 Å². The number of nitrogens with zero attached hydrogens (tertiary/aromatic N) is 2. The normalized spacial score (nSPS) is 12.3. The van der Waals surface area contributed by atoms with Gasteiger partial charge >= 0.3 is 0 Å². The van der Waals surface area contributed by atoms with Crippen molar-refractivity contribution in [2.45, 2.75) is 39.7 Å². The lowest BCUT2D eigenvalue weighted by Crippen LogP contribution is -2.24. The Morgan fingerprint density at radius 1 is 1.48 bits per heavy atom. The van der Waals surface area contributed by atoms with E-state index < -0.39 is 0 Å². The molecule has 118 valence electrons. The molecule has 5 heteroatoms. The third-order valence-electron chi connectivity index (χ3n) is 2.53. The molecule has 3 nitrogen and oxygen atoms in total. The van der Waals surface area contributed by atoms with Crippen molar-refractivity contribution in [1.82, 2.24) is 4.98 Å². The van der Waals surface area contributed by atoms with E-state index in [1.807, 2.05) is 32.5 Å². The maximum atomic E-state index is 6.13. The summed E-state index contributed by atoms with van der Waals surface area (Å²) in [5, 5.41) is 0. The van der Waals surface area contributed by atoms with Gasteiger partial charge < -0.3 is 5.73 Å². The highest BCUT2D eigenvalue weighted by molar-refractivity contribution is 8.38. The number of aryl methyl sites for hydroxylation is 2. The quantitative estimate of drug-likeness (QED) is 0.627. The molecule has 1 aromatic rings. The van der Waals surface area contributed by atoms with Gasteiger partial charge in [-0.1, -0.05) is 38.3 Å². The predicted molar refractivity (Wildman–Crippen MR) is 100 cm³/mol. The van der Waals surface area contributed by atoms with Crippen molar-refractivity contribution in [3.8, 4) is 0 Å². The second-order valence-corrected chi connectivity index (χ2v) is 6.32. The Hall–Kier alpha value is -0.780. The summed E-state index contributed by atoms with van der Waals surface area (Å²) in [4.78, 5) is 8.38. The average molecular weight is 326 g/mol. The zero-order valence-corrected chi connectivity index (χ0v) is 15.1. The minimum atomic E-state index is 0.174. The summed E-state index contributed by atoms with van der Waals surface area (Å²) in [7, 11) is 0. The van der Waals surface area contributed by atoms with Crippen LogP contribution in [0.5, 0.6) is 0 Å². The van der Waals surface area contributed by atoms with Crippen LogP contribution >= 0.6 is 23.5 Å². The summed E-state index contributed by atoms with van der Waals surface area (Å²) in [5.41, 5.74) is 8.58. The molecule has 0 radical (unpaired) electrons. The number of aliphatic imine (C=N–C) groups is 1. The van der Waals surface area contributed by atoms with Crippen LogP contribution in [-0.4, -0.2) is 27.4 Å². The van der Waals surface area contributed by atoms with E-state index in [-0.39, 0.29) is 6.04 Å². The standard InChI is InChI=1S/C14H21N3S2.C2H6/c1-4-17-14(18-3)19-10-13(15)6-5-12-7-11(2)8-16-9-12;1-2/h4,7-9,13H,1,5-6,10,15H2,2-3H3;1-2H3. The number of nitrogens with two attached hydrogens (primary N) is 1. The molecule has 0 saturated carbocycles. The third-order valence-corrected chi connectivity index (χ3v) is 4.78. The van der Waals surface area contributed by atoms with Gasteiger partial charge in [-0.3, -0.25) is 4.98 Å². The maximum absolute atomic E-state index is 6.13. The van der Waals surface area contributed by atoms with Crippen LogP contribution in [0, 0.1) is 6.92 Å². The summed E-state index contributed by atoms with van der Waals surface area (Å²) in [5.74, 6) is 0.882. The van der Waals surface area contributed by atoms with Gasteiger partial charge in [0.05, 0.1) is 0 Å². The lowest BCUT2D eigenvalue weighted by Gasteiger charge is -2.11. The van der Waals surface area contributed by atoms with E-state index in [0.29, 0.717) is 0 Å². The Morgan fingerprint density at radius 3 is 2.76 bits per heavy atom. The van der Waals surface area contributed by atoms with E-state index in [2.05, 4.69) is 29.5 Å². The second kappa shape index (κ2) is 12.9. The summed E-state index contributed by atoms with van der Waals surface area (Å²) in [6.07, 6.45) is 9.31. The molecule has 1 unspecified atom stereocenters. The summed E-state index contributed by atoms with van der Waals surface area (Å²) >= 11 is 3.32. The number of rotatable bonds is 6. The molecule has 0 fully saturated rings. The second-order valence-electron chi connectivity index (χ2n) is 4.26. The van der Waals surface area contributed by atoms with E-state index in [1.165, 1.54) is 11.1 Å². The lowest BCUT2D eigenvalue weighted by atomic mass is 10.1. The molecule has 1 heterocycles. The minimum absolute atomic E-state index is 0.174. The van der Waals surface area contributed by atoms with Gasteiger partial charge in [-0.15, -0.1) is 11.8 Å². The number of thioether (sulfide) groups is 2. The third kappa shape index (κ3) is 9.72. The Labute approximate surface area is 137 Å². The first kappa shape index (κ1) is 20.2. The first-order valence-corrected chi connectivity index (χ1v) is 9.38. The van der Waals surface area contributed by atoms with E-state index in [4.69, 9.17) is 5.73 Å². The molecule has 0 aliphatic carbocycles. The summed E-state index contributed by atoms with van der Waals surface area (Å²) in [6, 6.07) is 2.34. The van der Waals surface area contributed by atoms with Crippen LogP contribution < -0.4 is 5.73 Å². The first-order valence-electron chi connectivity index (χ1n) is 7.17. The zero-order chi connectivity index (χ0) is 16.1. The maximum Gasteiger partial charge on any atom is 0.129 e. The van der Waals surface area contributed by atoms with Crippen molar-refractivity contribution < 1.29 is 0 Å². The molecule has 0 bridgehead atoms. The van der Waals surface area contributed by atoms with Crippen LogP contribution in [0.25, 0.3) is 0 Å². The van der Waals surface area contributed by atoms with Gasteiger partial charge in [0.15, 0.2) is 0 Å². The Kier molecular flexibility index (Phi) is 12.4. The average Bonchev–Trinajstić information content (AvgIpc) is 2.51. The molecule has 0 saturated heterocycles. The molecular weight excluding hydrogens is 298 g/mol. The highest BCUT2D eigenvalue weighted by atomic mass is 32.2. The van der Waals surface area contributed by atoms with Crippen molar-refractivity contribution in [3.63, 3.8) is 0 Å². The summed E-state index contributed by atoms with van der Waals surface area (Å²) < 4.78 is 1.02. The predicted octanol–water partition coefficient (Wildman–Crippen LogP) is 4.27. The number of pyridine rings is 1. The zero-order valence-electron chi connectivity index (χ0n) is 13.5. The molecule has 2 N–H and O–H groups in total. The summed E-state index contributed by atoms with van der Waals surface area (Å²) in [6.45, 7) is 9.67. The fourth-order valence-electron chi connectivity index (χ4n) is 1.59. The molecule has 0 aromatic carbocycles. The van der Waals surface area contributed by atoms with Crippen molar-refractivity contribution in [1.29, 1.82) is 0 Å². The van der Waals surface area contributed by atoms with Gasteiger partial charge in [0.2, 0.25) is 0 Å². The van der Waals surface area contributed by atoms with Gasteiger partial charge in [0, 0.05) is 30.4 Å². The molecule has 1 atom stereocenters. The molecule has 0 aliphatic heterocycles. The first-order chi connectivity index (χ1) is 10.2. The molecule has 0 amide bonds. The Balaban J connectivity index is 0.00000191. The fourth-order valence-corrected chi connectivity index (χ4v) is 3.12. The van der Waals surface area contributed by atoms with Crippen molar-refractivity contribution in [3.05, 3.63) is 42.4 Å². The van der Waals surface area contributed by atoms with Gasteiger partial charge in [0.1, 0.15) is 4.38 Å². The van der Waals surface area contributed by atoms with Crippen molar-refractivity contribution in [2.75, 3.05) is 12.0 Å². The van der Waals surface area contributed by atoms with Crippen LogP contribution in [0.1, 0.15) is 31.4 Å². The van der Waals surface area contributed by atoms with Gasteiger partial charge in [0.25, 0.3) is 0 Å². The van der Waals surface area contributed by atoms with Gasteiger partial charge in [-0.2, -0.15) is 0 Å². The van der Waals surface area contributed by atoms with Crippen LogP contribution in [0.3, 0.4) is 0 Å². The molecule has 1 rings (SSSR count). The highest BCUT2D eigenvalue weighted by Gasteiger charge is 2.06. The molecular formula is C16H27N3S2. The van der Waals surface area contributed by atoms with Crippen LogP contribution in [0.2, 0.25) is 0 Å². The highest BCUT2D eigenvalue weighted by Crippen LogP contribution is 2.17. The van der Waals surface area contributed by atoms with Crippen LogP contribution in [-0.2, 0) is 6.42 Å². The van der Waals surface area contributed by atoms with Crippen LogP contribution in [0.15, 0.2) is 36.2 Å². The van der Waals surface area contributed by atoms with Crippen molar-refractivity contribution >= 4 is 27.9 Å². The molecule has 1 aromatic heterocycles. The Morgan fingerprint density at radius 2 is 2.19 bits per heavy atom. The van der Waals surface area contributed by atoms with Crippen molar-refractivity contribution in [2.24, 2.45) is 10.7 Å². The Bertz CT molecular complexity index is 433. The largest absolute Gasteiger partial charge is 0.327 e.